The van der Waals surface area contributed by atoms with Crippen molar-refractivity contribution in [2.45, 2.75) is 12.5 Å². The summed E-state index contributed by atoms with van der Waals surface area (Å²) in [4.78, 5) is 0. The average molecular weight is 277 g/mol. The first-order chi connectivity index (χ1) is 8.72. The number of benzene rings is 2. The molecule has 0 bridgehead atoms. The Hall–Kier alpha value is -1.02. The standard InChI is InChI=1S/C15H10Cl2O/c16-10-1-2-12-8(4-10)3-9-5-11(17)6-13(15(9)12)14-7-18-14/h1-2,4-6,14H,3,7H2. The molecular formula is C15H10Cl2O. The number of halogens is 2. The number of hydrogen-bond donors (Lipinski definition) is 0. The number of ether oxygens (including phenoxy) is 1. The minimum atomic E-state index is 0.221. The fourth-order valence-electron chi connectivity index (χ4n) is 2.79. The summed E-state index contributed by atoms with van der Waals surface area (Å²) >= 11 is 12.3. The molecule has 0 amide bonds. The smallest absolute Gasteiger partial charge is 0.107 e. The van der Waals surface area contributed by atoms with Crippen molar-refractivity contribution in [3.63, 3.8) is 0 Å². The van der Waals surface area contributed by atoms with Gasteiger partial charge >= 0.3 is 0 Å². The average Bonchev–Trinajstić information content (AvgIpc) is 3.09. The lowest BCUT2D eigenvalue weighted by Crippen LogP contribution is -1.89. The zero-order valence-corrected chi connectivity index (χ0v) is 11.1. The van der Waals surface area contributed by atoms with E-state index in [0.29, 0.717) is 0 Å². The largest absolute Gasteiger partial charge is 0.368 e. The lowest BCUT2D eigenvalue weighted by atomic mass is 9.97. The first kappa shape index (κ1) is 10.9. The molecule has 1 aliphatic carbocycles. The SMILES string of the molecule is Clc1ccc2c(c1)Cc1cc(Cl)cc(C3CO3)c1-2. The Bertz CT molecular complexity index is 660. The molecule has 1 aliphatic heterocycles. The van der Waals surface area contributed by atoms with Crippen LogP contribution in [0.25, 0.3) is 11.1 Å². The molecule has 1 atom stereocenters. The Kier molecular flexibility index (Phi) is 2.25. The van der Waals surface area contributed by atoms with Gasteiger partial charge in [-0.15, -0.1) is 0 Å². The third-order valence-corrected chi connectivity index (χ3v) is 4.07. The van der Waals surface area contributed by atoms with Gasteiger partial charge in [-0.1, -0.05) is 29.3 Å². The van der Waals surface area contributed by atoms with Gasteiger partial charge in [0.25, 0.3) is 0 Å². The summed E-state index contributed by atoms with van der Waals surface area (Å²) in [5.41, 5.74) is 6.36. The van der Waals surface area contributed by atoms with Crippen molar-refractivity contribution in [1.82, 2.24) is 0 Å². The van der Waals surface area contributed by atoms with Gasteiger partial charge in [0.05, 0.1) is 6.61 Å². The topological polar surface area (TPSA) is 12.5 Å². The zero-order chi connectivity index (χ0) is 12.3. The summed E-state index contributed by atoms with van der Waals surface area (Å²) in [5, 5.41) is 1.58. The predicted octanol–water partition coefficient (Wildman–Crippen LogP) is 4.64. The highest BCUT2D eigenvalue weighted by atomic mass is 35.5. The molecule has 0 N–H and O–H groups in total. The molecule has 90 valence electrons. The molecule has 1 unspecified atom stereocenters. The summed E-state index contributed by atoms with van der Waals surface area (Å²) in [6, 6.07) is 10.2. The molecule has 1 fully saturated rings. The van der Waals surface area contributed by atoms with Gasteiger partial charge in [0.15, 0.2) is 0 Å². The maximum absolute atomic E-state index is 6.19. The van der Waals surface area contributed by atoms with E-state index in [0.717, 1.165) is 23.1 Å². The second-order valence-corrected chi connectivity index (χ2v) is 5.70. The van der Waals surface area contributed by atoms with Crippen LogP contribution in [0.15, 0.2) is 30.3 Å². The third-order valence-electron chi connectivity index (χ3n) is 3.61. The van der Waals surface area contributed by atoms with Crippen LogP contribution < -0.4 is 0 Å². The maximum Gasteiger partial charge on any atom is 0.107 e. The Morgan fingerprint density at radius 1 is 1.00 bits per heavy atom. The van der Waals surface area contributed by atoms with Crippen molar-refractivity contribution < 1.29 is 4.74 Å². The fourth-order valence-corrected chi connectivity index (χ4v) is 3.24. The van der Waals surface area contributed by atoms with Gasteiger partial charge in [-0.3, -0.25) is 0 Å². The Balaban J connectivity index is 1.99. The summed E-state index contributed by atoms with van der Waals surface area (Å²) < 4.78 is 5.43. The van der Waals surface area contributed by atoms with Gasteiger partial charge in [0.2, 0.25) is 0 Å². The fraction of sp³-hybridized carbons (Fsp3) is 0.200. The summed E-state index contributed by atoms with van der Waals surface area (Å²) in [5.74, 6) is 0. The molecular weight excluding hydrogens is 267 g/mol. The highest BCUT2D eigenvalue weighted by molar-refractivity contribution is 6.31. The van der Waals surface area contributed by atoms with E-state index < -0.39 is 0 Å². The second-order valence-electron chi connectivity index (χ2n) is 4.83. The quantitative estimate of drug-likeness (QED) is 0.590. The summed E-state index contributed by atoms with van der Waals surface area (Å²) in [7, 11) is 0. The van der Waals surface area contributed by atoms with E-state index in [-0.39, 0.29) is 6.10 Å². The van der Waals surface area contributed by atoms with Gasteiger partial charge in [-0.25, -0.2) is 0 Å². The van der Waals surface area contributed by atoms with Crippen LogP contribution in [0.1, 0.15) is 22.8 Å². The van der Waals surface area contributed by atoms with Crippen LogP contribution >= 0.6 is 23.2 Å². The Morgan fingerprint density at radius 3 is 2.56 bits per heavy atom. The van der Waals surface area contributed by atoms with Crippen molar-refractivity contribution in [3.05, 3.63) is 57.1 Å². The van der Waals surface area contributed by atoms with E-state index in [4.69, 9.17) is 27.9 Å². The highest BCUT2D eigenvalue weighted by Gasteiger charge is 2.32. The minimum absolute atomic E-state index is 0.221. The number of epoxide rings is 1. The highest BCUT2D eigenvalue weighted by Crippen LogP contribution is 2.46. The third kappa shape index (κ3) is 1.58. The van der Waals surface area contributed by atoms with Gasteiger partial charge < -0.3 is 4.74 Å². The Labute approximate surface area is 115 Å². The van der Waals surface area contributed by atoms with Crippen LogP contribution in [0, 0.1) is 0 Å². The van der Waals surface area contributed by atoms with E-state index >= 15 is 0 Å². The van der Waals surface area contributed by atoms with Crippen LogP contribution in [0.2, 0.25) is 10.0 Å². The first-order valence-corrected chi connectivity index (χ1v) is 6.71. The zero-order valence-electron chi connectivity index (χ0n) is 9.54. The molecule has 4 rings (SSSR count). The van der Waals surface area contributed by atoms with Crippen LogP contribution in [0.5, 0.6) is 0 Å². The molecule has 0 spiro atoms. The van der Waals surface area contributed by atoms with Crippen LogP contribution in [0.4, 0.5) is 0 Å². The monoisotopic (exact) mass is 276 g/mol. The molecule has 2 aromatic rings. The number of rotatable bonds is 1. The molecule has 1 saturated heterocycles. The van der Waals surface area contributed by atoms with Crippen LogP contribution in [-0.2, 0) is 11.2 Å². The molecule has 1 heterocycles. The molecule has 2 aromatic carbocycles. The molecule has 1 nitrogen and oxygen atoms in total. The van der Waals surface area contributed by atoms with Gasteiger partial charge in [-0.2, -0.15) is 0 Å². The van der Waals surface area contributed by atoms with E-state index in [2.05, 4.69) is 12.1 Å². The normalized spacial score (nSPS) is 19.6. The van der Waals surface area contributed by atoms with E-state index in [1.54, 1.807) is 0 Å². The van der Waals surface area contributed by atoms with E-state index in [1.807, 2.05) is 18.2 Å². The van der Waals surface area contributed by atoms with Crippen molar-refractivity contribution in [2.75, 3.05) is 6.61 Å². The summed E-state index contributed by atoms with van der Waals surface area (Å²) in [6.07, 6.45) is 1.13. The maximum atomic E-state index is 6.19. The van der Waals surface area contributed by atoms with Gasteiger partial charge in [0, 0.05) is 10.0 Å². The lowest BCUT2D eigenvalue weighted by molar-refractivity contribution is 0.416. The molecule has 0 radical (unpaired) electrons. The lowest BCUT2D eigenvalue weighted by Gasteiger charge is -2.08. The van der Waals surface area contributed by atoms with Crippen molar-refractivity contribution in [3.8, 4) is 11.1 Å². The van der Waals surface area contributed by atoms with Gasteiger partial charge in [-0.05, 0) is 58.5 Å². The molecule has 18 heavy (non-hydrogen) atoms. The van der Waals surface area contributed by atoms with Crippen molar-refractivity contribution in [1.29, 1.82) is 0 Å². The van der Waals surface area contributed by atoms with Crippen molar-refractivity contribution >= 4 is 23.2 Å². The molecule has 2 aliphatic rings. The Morgan fingerprint density at radius 2 is 1.78 bits per heavy atom. The van der Waals surface area contributed by atoms with Crippen LogP contribution in [-0.4, -0.2) is 6.61 Å². The molecule has 0 saturated carbocycles. The summed E-state index contributed by atoms with van der Waals surface area (Å²) in [6.45, 7) is 0.801. The van der Waals surface area contributed by atoms with Crippen LogP contribution in [0.3, 0.4) is 0 Å². The van der Waals surface area contributed by atoms with E-state index in [9.17, 15) is 0 Å². The predicted molar refractivity (Wildman–Crippen MR) is 73.4 cm³/mol. The van der Waals surface area contributed by atoms with Gasteiger partial charge in [0.1, 0.15) is 6.10 Å². The second kappa shape index (κ2) is 3.74. The minimum Gasteiger partial charge on any atom is -0.368 e. The molecule has 3 heteroatoms. The number of hydrogen-bond acceptors (Lipinski definition) is 1. The van der Waals surface area contributed by atoms with E-state index in [1.165, 1.54) is 27.8 Å². The van der Waals surface area contributed by atoms with Crippen molar-refractivity contribution in [2.24, 2.45) is 0 Å². The molecule has 0 aromatic heterocycles. The number of fused-ring (bicyclic) bond motifs is 3. The first-order valence-electron chi connectivity index (χ1n) is 5.95.